The molecular formula is C11H12FN3O2. The van der Waals surface area contributed by atoms with E-state index >= 15 is 0 Å². The molecule has 2 rings (SSSR count). The zero-order valence-electron chi connectivity index (χ0n) is 9.22. The molecule has 0 aliphatic rings. The molecule has 1 atom stereocenters. The number of nitrogens with two attached hydrogens (primary N) is 1. The maximum absolute atomic E-state index is 13.3. The molecule has 90 valence electrons. The van der Waals surface area contributed by atoms with E-state index in [9.17, 15) is 4.39 Å². The Labute approximate surface area is 97.1 Å². The fraction of sp³-hybridized carbons (Fsp3) is 0.273. The smallest absolute Gasteiger partial charge is 0.246 e. The number of halogens is 1. The first-order valence-electron chi connectivity index (χ1n) is 5.08. The number of aliphatic hydroxyl groups is 1. The largest absolute Gasteiger partial charge is 0.394 e. The van der Waals surface area contributed by atoms with E-state index in [2.05, 4.69) is 10.1 Å². The van der Waals surface area contributed by atoms with Crippen LogP contribution in [-0.4, -0.2) is 21.9 Å². The highest BCUT2D eigenvalue weighted by Gasteiger charge is 2.15. The van der Waals surface area contributed by atoms with Crippen molar-refractivity contribution in [3.05, 3.63) is 35.5 Å². The van der Waals surface area contributed by atoms with Crippen LogP contribution < -0.4 is 5.73 Å². The van der Waals surface area contributed by atoms with Gasteiger partial charge in [0.15, 0.2) is 0 Å². The Balaban J connectivity index is 2.33. The number of aromatic nitrogens is 2. The van der Waals surface area contributed by atoms with Crippen LogP contribution in [0.2, 0.25) is 0 Å². The third-order valence-electron chi connectivity index (χ3n) is 2.39. The van der Waals surface area contributed by atoms with E-state index < -0.39 is 6.04 Å². The first-order valence-corrected chi connectivity index (χ1v) is 5.08. The standard InChI is InChI=1S/C11H12FN3O2/c1-6-2-3-7(4-8(6)12)10-14-11(17-15-10)9(13)5-16/h2-4,9,16H,5,13H2,1H3/t9-/m0/s1. The quantitative estimate of drug-likeness (QED) is 0.837. The minimum Gasteiger partial charge on any atom is -0.394 e. The van der Waals surface area contributed by atoms with Gasteiger partial charge in [0.25, 0.3) is 0 Å². The molecule has 1 aromatic carbocycles. The minimum atomic E-state index is -0.716. The van der Waals surface area contributed by atoms with Gasteiger partial charge in [-0.25, -0.2) is 4.39 Å². The molecule has 0 aliphatic heterocycles. The summed E-state index contributed by atoms with van der Waals surface area (Å²) in [6.07, 6.45) is 0. The van der Waals surface area contributed by atoms with E-state index in [0.29, 0.717) is 11.1 Å². The number of aliphatic hydroxyl groups excluding tert-OH is 1. The van der Waals surface area contributed by atoms with Crippen molar-refractivity contribution in [1.82, 2.24) is 10.1 Å². The number of benzene rings is 1. The van der Waals surface area contributed by atoms with Gasteiger partial charge < -0.3 is 15.4 Å². The Morgan fingerprint density at radius 1 is 1.53 bits per heavy atom. The van der Waals surface area contributed by atoms with Gasteiger partial charge in [-0.2, -0.15) is 4.98 Å². The van der Waals surface area contributed by atoms with Gasteiger partial charge >= 0.3 is 0 Å². The van der Waals surface area contributed by atoms with Crippen LogP contribution >= 0.6 is 0 Å². The lowest BCUT2D eigenvalue weighted by molar-refractivity contribution is 0.237. The van der Waals surface area contributed by atoms with E-state index in [1.165, 1.54) is 6.07 Å². The Morgan fingerprint density at radius 3 is 2.94 bits per heavy atom. The molecule has 0 saturated heterocycles. The fourth-order valence-electron chi connectivity index (χ4n) is 1.31. The summed E-state index contributed by atoms with van der Waals surface area (Å²) in [5.41, 5.74) is 6.57. The maximum atomic E-state index is 13.3. The van der Waals surface area contributed by atoms with Gasteiger partial charge in [-0.05, 0) is 18.6 Å². The highest BCUT2D eigenvalue weighted by Crippen LogP contribution is 2.20. The molecule has 3 N–H and O–H groups in total. The molecule has 1 aromatic heterocycles. The number of hydrogen-bond acceptors (Lipinski definition) is 5. The van der Waals surface area contributed by atoms with Crippen LogP contribution in [0.1, 0.15) is 17.5 Å². The highest BCUT2D eigenvalue weighted by atomic mass is 19.1. The number of hydrogen-bond donors (Lipinski definition) is 2. The number of aryl methyl sites for hydroxylation is 1. The summed E-state index contributed by atoms with van der Waals surface area (Å²) >= 11 is 0. The highest BCUT2D eigenvalue weighted by molar-refractivity contribution is 5.54. The second kappa shape index (κ2) is 4.60. The topological polar surface area (TPSA) is 85.2 Å². The van der Waals surface area contributed by atoms with Crippen molar-refractivity contribution in [3.8, 4) is 11.4 Å². The van der Waals surface area contributed by atoms with Crippen molar-refractivity contribution in [2.45, 2.75) is 13.0 Å². The second-order valence-electron chi connectivity index (χ2n) is 3.71. The Bertz CT molecular complexity index is 527. The maximum Gasteiger partial charge on any atom is 0.246 e. The third-order valence-corrected chi connectivity index (χ3v) is 2.39. The first kappa shape index (κ1) is 11.7. The molecule has 17 heavy (non-hydrogen) atoms. The van der Waals surface area contributed by atoms with Crippen LogP contribution in [0.5, 0.6) is 0 Å². The van der Waals surface area contributed by atoms with Crippen molar-refractivity contribution in [1.29, 1.82) is 0 Å². The van der Waals surface area contributed by atoms with Gasteiger partial charge in [0.05, 0.1) is 6.61 Å². The molecule has 5 nitrogen and oxygen atoms in total. The van der Waals surface area contributed by atoms with Crippen molar-refractivity contribution >= 4 is 0 Å². The van der Waals surface area contributed by atoms with Crippen LogP contribution in [0.3, 0.4) is 0 Å². The first-order chi connectivity index (χ1) is 8.11. The second-order valence-corrected chi connectivity index (χ2v) is 3.71. The molecule has 0 radical (unpaired) electrons. The minimum absolute atomic E-state index is 0.128. The average molecular weight is 237 g/mol. The monoisotopic (exact) mass is 237 g/mol. The van der Waals surface area contributed by atoms with Gasteiger partial charge in [-0.3, -0.25) is 0 Å². The summed E-state index contributed by atoms with van der Waals surface area (Å²) in [5.74, 6) is 0.0478. The zero-order chi connectivity index (χ0) is 12.4. The SMILES string of the molecule is Cc1ccc(-c2noc([C@@H](N)CO)n2)cc1F. The van der Waals surface area contributed by atoms with E-state index in [-0.39, 0.29) is 24.1 Å². The van der Waals surface area contributed by atoms with E-state index in [1.807, 2.05) is 0 Å². The molecule has 6 heteroatoms. The Morgan fingerprint density at radius 2 is 2.29 bits per heavy atom. The van der Waals surface area contributed by atoms with Crippen molar-refractivity contribution in [2.24, 2.45) is 5.73 Å². The summed E-state index contributed by atoms with van der Waals surface area (Å²) in [4.78, 5) is 3.99. The fourth-order valence-corrected chi connectivity index (χ4v) is 1.31. The average Bonchev–Trinajstić information content (AvgIpc) is 2.81. The van der Waals surface area contributed by atoms with Gasteiger partial charge in [0.2, 0.25) is 11.7 Å². The molecule has 0 amide bonds. The number of nitrogens with zero attached hydrogens (tertiary/aromatic N) is 2. The zero-order valence-corrected chi connectivity index (χ0v) is 9.22. The molecule has 0 bridgehead atoms. The lowest BCUT2D eigenvalue weighted by atomic mass is 10.1. The van der Waals surface area contributed by atoms with Crippen LogP contribution in [0.4, 0.5) is 4.39 Å². The Kier molecular flexibility index (Phi) is 3.16. The summed E-state index contributed by atoms with van der Waals surface area (Å²) in [6.45, 7) is 1.38. The van der Waals surface area contributed by atoms with Crippen LogP contribution in [0.25, 0.3) is 11.4 Å². The molecule has 0 aliphatic carbocycles. The molecule has 1 heterocycles. The lowest BCUT2D eigenvalue weighted by Gasteiger charge is -1.99. The van der Waals surface area contributed by atoms with Crippen LogP contribution in [0.15, 0.2) is 22.7 Å². The van der Waals surface area contributed by atoms with Crippen molar-refractivity contribution in [3.63, 3.8) is 0 Å². The molecule has 2 aromatic rings. The van der Waals surface area contributed by atoms with Crippen LogP contribution in [0, 0.1) is 12.7 Å². The lowest BCUT2D eigenvalue weighted by Crippen LogP contribution is -2.14. The molecule has 0 fully saturated rings. The van der Waals surface area contributed by atoms with Crippen LogP contribution in [-0.2, 0) is 0 Å². The van der Waals surface area contributed by atoms with E-state index in [1.54, 1.807) is 19.1 Å². The normalized spacial score (nSPS) is 12.7. The predicted molar refractivity (Wildman–Crippen MR) is 58.4 cm³/mol. The summed E-state index contributed by atoms with van der Waals surface area (Å²) in [6, 6.07) is 3.94. The van der Waals surface area contributed by atoms with E-state index in [0.717, 1.165) is 0 Å². The molecule has 0 unspecified atom stereocenters. The molecular weight excluding hydrogens is 225 g/mol. The molecule has 0 saturated carbocycles. The van der Waals surface area contributed by atoms with Crippen molar-refractivity contribution < 1.29 is 14.0 Å². The van der Waals surface area contributed by atoms with Crippen molar-refractivity contribution in [2.75, 3.05) is 6.61 Å². The third kappa shape index (κ3) is 2.32. The van der Waals surface area contributed by atoms with Gasteiger partial charge in [-0.1, -0.05) is 17.3 Å². The summed E-state index contributed by atoms with van der Waals surface area (Å²) < 4.78 is 18.2. The van der Waals surface area contributed by atoms with E-state index in [4.69, 9.17) is 15.4 Å². The molecule has 0 spiro atoms. The van der Waals surface area contributed by atoms with Gasteiger partial charge in [0, 0.05) is 5.56 Å². The number of rotatable bonds is 3. The Hall–Kier alpha value is -1.79. The summed E-state index contributed by atoms with van der Waals surface area (Å²) in [7, 11) is 0. The summed E-state index contributed by atoms with van der Waals surface area (Å²) in [5, 5.41) is 12.5. The predicted octanol–water partition coefficient (Wildman–Crippen LogP) is 1.18. The van der Waals surface area contributed by atoms with Gasteiger partial charge in [-0.15, -0.1) is 0 Å². The van der Waals surface area contributed by atoms with Gasteiger partial charge in [0.1, 0.15) is 11.9 Å².